The summed E-state index contributed by atoms with van der Waals surface area (Å²) in [5.41, 5.74) is 7.49. The fourth-order valence-corrected chi connectivity index (χ4v) is 10.1. The molecule has 11 rings (SSSR count). The average molecular weight is 674 g/mol. The Labute approximate surface area is 295 Å². The lowest BCUT2D eigenvalue weighted by Crippen LogP contribution is -2.10. The van der Waals surface area contributed by atoms with Crippen molar-refractivity contribution >= 4 is 113 Å². The number of hydrogen-bond acceptors (Lipinski definition) is 4. The smallest absolute Gasteiger partial charge is 0.137 e. The number of anilines is 3. The highest BCUT2D eigenvalue weighted by atomic mass is 32.1. The summed E-state index contributed by atoms with van der Waals surface area (Å²) in [4.78, 5) is 2.40. The molecule has 0 amide bonds. The Kier molecular flexibility index (Phi) is 6.03. The molecule has 0 unspecified atom stereocenters. The van der Waals surface area contributed by atoms with E-state index in [0.717, 1.165) is 39.0 Å². The molecule has 0 saturated carbocycles. The Balaban J connectivity index is 1.19. The zero-order valence-electron chi connectivity index (χ0n) is 26.8. The summed E-state index contributed by atoms with van der Waals surface area (Å²) in [5.74, 6) is 0. The van der Waals surface area contributed by atoms with Crippen LogP contribution >= 0.6 is 22.7 Å². The summed E-state index contributed by atoms with van der Waals surface area (Å²) < 4.78 is 11.7. The summed E-state index contributed by atoms with van der Waals surface area (Å²) in [5, 5.41) is 10.2. The van der Waals surface area contributed by atoms with Crippen LogP contribution < -0.4 is 4.90 Å². The molecule has 2 nitrogen and oxygen atoms in total. The molecule has 8 aromatic carbocycles. The molecule has 3 aromatic heterocycles. The van der Waals surface area contributed by atoms with Crippen molar-refractivity contribution in [3.8, 4) is 11.1 Å². The fourth-order valence-electron chi connectivity index (χ4n) is 7.79. The number of furan rings is 1. The van der Waals surface area contributed by atoms with Crippen molar-refractivity contribution in [1.29, 1.82) is 0 Å². The van der Waals surface area contributed by atoms with Gasteiger partial charge in [0.2, 0.25) is 0 Å². The van der Waals surface area contributed by atoms with E-state index in [1.54, 1.807) is 0 Å². The molecule has 0 aliphatic carbocycles. The third-order valence-electron chi connectivity index (χ3n) is 10.1. The molecule has 0 aliphatic heterocycles. The van der Waals surface area contributed by atoms with E-state index in [0.29, 0.717) is 0 Å². The van der Waals surface area contributed by atoms with Crippen LogP contribution in [0.2, 0.25) is 0 Å². The van der Waals surface area contributed by atoms with Crippen LogP contribution in [0.4, 0.5) is 17.1 Å². The second-order valence-electron chi connectivity index (χ2n) is 12.9. The number of fused-ring (bicyclic) bond motifs is 12. The number of benzene rings is 8. The first-order chi connectivity index (χ1) is 24.8. The minimum atomic E-state index is 0.885. The van der Waals surface area contributed by atoms with E-state index in [4.69, 9.17) is 4.42 Å². The molecule has 0 bridgehead atoms. The topological polar surface area (TPSA) is 16.4 Å². The molecular weight excluding hydrogens is 647 g/mol. The summed E-state index contributed by atoms with van der Waals surface area (Å²) in [6.07, 6.45) is 0. The molecule has 50 heavy (non-hydrogen) atoms. The largest absolute Gasteiger partial charge is 0.456 e. The Morgan fingerprint density at radius 1 is 0.400 bits per heavy atom. The van der Waals surface area contributed by atoms with Crippen LogP contribution in [-0.4, -0.2) is 0 Å². The van der Waals surface area contributed by atoms with Crippen LogP contribution in [0.25, 0.3) is 84.2 Å². The predicted octanol–water partition coefficient (Wildman–Crippen LogP) is 14.6. The third-order valence-corrected chi connectivity index (χ3v) is 12.4. The van der Waals surface area contributed by atoms with Gasteiger partial charge >= 0.3 is 0 Å². The van der Waals surface area contributed by atoms with Crippen molar-refractivity contribution in [2.45, 2.75) is 0 Å². The van der Waals surface area contributed by atoms with Crippen molar-refractivity contribution in [3.05, 3.63) is 164 Å². The second kappa shape index (κ2) is 10.8. The molecule has 0 saturated heterocycles. The zero-order valence-corrected chi connectivity index (χ0v) is 28.4. The standard InChI is InChI=1S/C46H27NOS2/c1-2-9-28(10-3-1)29-17-20-31(21-18-29)47(37-14-8-16-39-43(37)34-13-6-7-15-38(34)48-39)32-22-24-40-36(27-32)45-41(49-40)25-26-42-44(45)35-23-19-30-11-4-5-12-33(30)46(35)50-42/h1-27H. The van der Waals surface area contributed by atoms with Crippen LogP contribution in [0.3, 0.4) is 0 Å². The average Bonchev–Trinajstić information content (AvgIpc) is 3.87. The summed E-state index contributed by atoms with van der Waals surface area (Å²) >= 11 is 3.79. The minimum absolute atomic E-state index is 0.885. The van der Waals surface area contributed by atoms with Crippen LogP contribution in [0.1, 0.15) is 0 Å². The maximum Gasteiger partial charge on any atom is 0.137 e. The lowest BCUT2D eigenvalue weighted by Gasteiger charge is -2.26. The molecule has 0 fully saturated rings. The second-order valence-corrected chi connectivity index (χ2v) is 15.0. The van der Waals surface area contributed by atoms with Gasteiger partial charge in [-0.15, -0.1) is 22.7 Å². The van der Waals surface area contributed by atoms with Crippen LogP contribution in [0.15, 0.2) is 168 Å². The van der Waals surface area contributed by atoms with Crippen molar-refractivity contribution < 1.29 is 4.42 Å². The number of para-hydroxylation sites is 1. The van der Waals surface area contributed by atoms with Gasteiger partial charge in [0.15, 0.2) is 0 Å². The van der Waals surface area contributed by atoms with Crippen LogP contribution in [0.5, 0.6) is 0 Å². The minimum Gasteiger partial charge on any atom is -0.456 e. The number of rotatable bonds is 4. The van der Waals surface area contributed by atoms with E-state index in [9.17, 15) is 0 Å². The number of nitrogens with zero attached hydrogens (tertiary/aromatic N) is 1. The molecule has 3 heterocycles. The first kappa shape index (κ1) is 28.0. The molecule has 4 heteroatoms. The molecule has 0 aliphatic rings. The lowest BCUT2D eigenvalue weighted by atomic mass is 10.0. The third kappa shape index (κ3) is 4.13. The first-order valence-corrected chi connectivity index (χ1v) is 18.5. The summed E-state index contributed by atoms with van der Waals surface area (Å²) in [6.45, 7) is 0. The highest BCUT2D eigenvalue weighted by Crippen LogP contribution is 2.49. The zero-order chi connectivity index (χ0) is 32.8. The van der Waals surface area contributed by atoms with Gasteiger partial charge < -0.3 is 9.32 Å². The van der Waals surface area contributed by atoms with Crippen LogP contribution in [0, 0.1) is 0 Å². The van der Waals surface area contributed by atoms with Gasteiger partial charge in [-0.3, -0.25) is 0 Å². The van der Waals surface area contributed by atoms with E-state index in [2.05, 4.69) is 163 Å². The molecule has 0 N–H and O–H groups in total. The van der Waals surface area contributed by atoms with E-state index < -0.39 is 0 Å². The normalized spacial score (nSPS) is 12.0. The van der Waals surface area contributed by atoms with Crippen molar-refractivity contribution in [1.82, 2.24) is 0 Å². The number of thiophene rings is 2. The molecule has 11 aromatic rings. The van der Waals surface area contributed by atoms with Crippen molar-refractivity contribution in [3.63, 3.8) is 0 Å². The van der Waals surface area contributed by atoms with Gasteiger partial charge in [0.1, 0.15) is 11.2 Å². The summed E-state index contributed by atoms with van der Waals surface area (Å²) in [6, 6.07) is 59.3. The molecule has 0 atom stereocenters. The Morgan fingerprint density at radius 3 is 1.96 bits per heavy atom. The molecule has 234 valence electrons. The van der Waals surface area contributed by atoms with Gasteiger partial charge in [-0.2, -0.15) is 0 Å². The Hall–Kier alpha value is -5.94. The van der Waals surface area contributed by atoms with Gasteiger partial charge in [-0.1, -0.05) is 103 Å². The van der Waals surface area contributed by atoms with E-state index in [1.165, 1.54) is 62.2 Å². The lowest BCUT2D eigenvalue weighted by molar-refractivity contribution is 0.669. The highest BCUT2D eigenvalue weighted by Gasteiger charge is 2.21. The van der Waals surface area contributed by atoms with Gasteiger partial charge in [0.05, 0.1) is 11.1 Å². The van der Waals surface area contributed by atoms with Crippen molar-refractivity contribution in [2.75, 3.05) is 4.90 Å². The highest BCUT2D eigenvalue weighted by molar-refractivity contribution is 7.28. The first-order valence-electron chi connectivity index (χ1n) is 16.8. The van der Waals surface area contributed by atoms with Gasteiger partial charge in [-0.05, 0) is 82.6 Å². The quantitative estimate of drug-likeness (QED) is 0.185. The van der Waals surface area contributed by atoms with Gasteiger partial charge in [0.25, 0.3) is 0 Å². The van der Waals surface area contributed by atoms with Gasteiger partial charge in [-0.25, -0.2) is 0 Å². The SMILES string of the molecule is c1ccc(-c2ccc(N(c3ccc4sc5ccc6sc7c8ccccc8ccc7c6c5c4c3)c3cccc4oc5ccccc5c34)cc2)cc1. The summed E-state index contributed by atoms with van der Waals surface area (Å²) in [7, 11) is 0. The Morgan fingerprint density at radius 2 is 1.08 bits per heavy atom. The van der Waals surface area contributed by atoms with E-state index in [-0.39, 0.29) is 0 Å². The monoisotopic (exact) mass is 673 g/mol. The predicted molar refractivity (Wildman–Crippen MR) is 217 cm³/mol. The van der Waals surface area contributed by atoms with Crippen molar-refractivity contribution in [2.24, 2.45) is 0 Å². The molecule has 0 radical (unpaired) electrons. The maximum atomic E-state index is 6.39. The molecular formula is C46H27NOS2. The maximum absolute atomic E-state index is 6.39. The number of hydrogen-bond donors (Lipinski definition) is 0. The molecule has 0 spiro atoms. The van der Waals surface area contributed by atoms with Gasteiger partial charge in [0, 0.05) is 57.1 Å². The van der Waals surface area contributed by atoms with Crippen LogP contribution in [-0.2, 0) is 0 Å². The Bertz CT molecular complexity index is 3090. The van der Waals surface area contributed by atoms with E-state index >= 15 is 0 Å². The fraction of sp³-hybridized carbons (Fsp3) is 0. The van der Waals surface area contributed by atoms with E-state index in [1.807, 2.05) is 28.7 Å².